The van der Waals surface area contributed by atoms with E-state index in [2.05, 4.69) is 121 Å². The van der Waals surface area contributed by atoms with Crippen molar-refractivity contribution in [1.82, 2.24) is 0 Å². The smallest absolute Gasteiger partial charge is 0.0271 e. The molecule has 2 unspecified atom stereocenters. The summed E-state index contributed by atoms with van der Waals surface area (Å²) in [4.78, 5) is 0. The minimum atomic E-state index is 0.552. The standard InChI is InChI=1S/C25H38S.C2H6.C2H2/c1-7-9-10-13-23(8-2)14-11-15-24-16-12-17-25(19-24)22(6)26-21(5)18-20(3)4;2*1-2/h8,10-14,16-17,19-22H,7,9,15,18H2,1-6H3;1-2H3;1-2H/b13-10-,14-11+,23-8+;;. The van der Waals surface area contributed by atoms with E-state index in [1.54, 1.807) is 0 Å². The fourth-order valence-corrected chi connectivity index (χ4v) is 4.58. The second-order valence-electron chi connectivity index (χ2n) is 7.55. The number of benzene rings is 1. The summed E-state index contributed by atoms with van der Waals surface area (Å²) in [5.74, 6) is 0.772. The third-order valence-electron chi connectivity index (χ3n) is 4.42. The molecule has 0 radical (unpaired) electrons. The van der Waals surface area contributed by atoms with Gasteiger partial charge in [-0.3, -0.25) is 0 Å². The van der Waals surface area contributed by atoms with Crippen LogP contribution in [0.15, 0.2) is 60.2 Å². The minimum Gasteiger partial charge on any atom is -0.151 e. The molecule has 0 saturated carbocycles. The van der Waals surface area contributed by atoms with Crippen LogP contribution in [0.3, 0.4) is 0 Å². The summed E-state index contributed by atoms with van der Waals surface area (Å²) in [6.45, 7) is 17.6. The van der Waals surface area contributed by atoms with Crippen molar-refractivity contribution in [3.05, 3.63) is 71.3 Å². The maximum absolute atomic E-state index is 4.00. The molecular weight excluding hydrogens is 380 g/mol. The van der Waals surface area contributed by atoms with Crippen molar-refractivity contribution < 1.29 is 0 Å². The van der Waals surface area contributed by atoms with E-state index in [1.165, 1.54) is 29.5 Å². The number of allylic oxidation sites excluding steroid dienone is 6. The van der Waals surface area contributed by atoms with Crippen LogP contribution in [0.1, 0.15) is 91.0 Å². The van der Waals surface area contributed by atoms with Gasteiger partial charge in [0, 0.05) is 10.5 Å². The van der Waals surface area contributed by atoms with Crippen LogP contribution >= 0.6 is 11.8 Å². The highest BCUT2D eigenvalue weighted by atomic mass is 32.2. The molecule has 1 rings (SSSR count). The number of terminal acetylenes is 1. The van der Waals surface area contributed by atoms with Crippen molar-refractivity contribution >= 4 is 11.8 Å². The number of thioether (sulfide) groups is 1. The van der Waals surface area contributed by atoms with Crippen molar-refractivity contribution in [3.8, 4) is 12.8 Å². The first-order valence-corrected chi connectivity index (χ1v) is 12.5. The van der Waals surface area contributed by atoms with Gasteiger partial charge in [0.05, 0.1) is 0 Å². The predicted octanol–water partition coefficient (Wildman–Crippen LogP) is 9.59. The molecule has 0 N–H and O–H groups in total. The average Bonchev–Trinajstić information content (AvgIpc) is 2.75. The zero-order chi connectivity index (χ0) is 23.4. The molecule has 0 spiro atoms. The Morgan fingerprint density at radius 1 is 1.03 bits per heavy atom. The molecule has 0 bridgehead atoms. The molecule has 0 aliphatic heterocycles. The topological polar surface area (TPSA) is 0 Å². The molecule has 0 nitrogen and oxygen atoms in total. The van der Waals surface area contributed by atoms with Crippen LogP contribution in [-0.2, 0) is 6.42 Å². The molecule has 168 valence electrons. The van der Waals surface area contributed by atoms with Crippen molar-refractivity contribution in [2.45, 2.75) is 91.6 Å². The summed E-state index contributed by atoms with van der Waals surface area (Å²) in [7, 11) is 0. The molecule has 0 aliphatic carbocycles. The second-order valence-corrected chi connectivity index (χ2v) is 9.33. The van der Waals surface area contributed by atoms with Crippen LogP contribution in [0, 0.1) is 18.8 Å². The number of hydrogen-bond acceptors (Lipinski definition) is 1. The van der Waals surface area contributed by atoms with Crippen LogP contribution in [0.25, 0.3) is 0 Å². The Morgan fingerprint density at radius 2 is 1.67 bits per heavy atom. The highest BCUT2D eigenvalue weighted by Crippen LogP contribution is 2.34. The normalized spacial score (nSPS) is 13.5. The zero-order valence-corrected chi connectivity index (χ0v) is 21.6. The van der Waals surface area contributed by atoms with E-state index in [4.69, 9.17) is 0 Å². The van der Waals surface area contributed by atoms with Gasteiger partial charge >= 0.3 is 0 Å². The van der Waals surface area contributed by atoms with E-state index < -0.39 is 0 Å². The van der Waals surface area contributed by atoms with E-state index in [-0.39, 0.29) is 0 Å². The van der Waals surface area contributed by atoms with Gasteiger partial charge in [-0.15, -0.1) is 12.8 Å². The molecule has 30 heavy (non-hydrogen) atoms. The third kappa shape index (κ3) is 15.2. The number of rotatable bonds is 11. The van der Waals surface area contributed by atoms with E-state index >= 15 is 0 Å². The maximum Gasteiger partial charge on any atom is 0.0271 e. The summed E-state index contributed by atoms with van der Waals surface area (Å²) < 4.78 is 0. The summed E-state index contributed by atoms with van der Waals surface area (Å²) in [5, 5.41) is 1.26. The lowest BCUT2D eigenvalue weighted by atomic mass is 10.1. The van der Waals surface area contributed by atoms with Gasteiger partial charge in [0.15, 0.2) is 0 Å². The Balaban J connectivity index is 0. The lowest BCUT2D eigenvalue weighted by Crippen LogP contribution is -2.04. The summed E-state index contributed by atoms with van der Waals surface area (Å²) >= 11 is 2.10. The van der Waals surface area contributed by atoms with Gasteiger partial charge in [0.2, 0.25) is 0 Å². The predicted molar refractivity (Wildman–Crippen MR) is 143 cm³/mol. The van der Waals surface area contributed by atoms with Gasteiger partial charge in [-0.1, -0.05) is 103 Å². The monoisotopic (exact) mass is 426 g/mol. The third-order valence-corrected chi connectivity index (χ3v) is 5.76. The molecule has 0 aliphatic rings. The Morgan fingerprint density at radius 3 is 2.23 bits per heavy atom. The molecule has 0 heterocycles. The van der Waals surface area contributed by atoms with Gasteiger partial charge in [0.25, 0.3) is 0 Å². The molecule has 0 aromatic heterocycles. The summed E-state index contributed by atoms with van der Waals surface area (Å²) in [5.41, 5.74) is 4.14. The van der Waals surface area contributed by atoms with Crippen molar-refractivity contribution in [2.24, 2.45) is 5.92 Å². The Kier molecular flexibility index (Phi) is 21.0. The van der Waals surface area contributed by atoms with E-state index in [9.17, 15) is 0 Å². The first kappa shape index (κ1) is 30.5. The Labute approximate surface area is 193 Å². The highest BCUT2D eigenvalue weighted by Gasteiger charge is 2.12. The number of unbranched alkanes of at least 4 members (excludes halogenated alkanes) is 1. The summed E-state index contributed by atoms with van der Waals surface area (Å²) in [6, 6.07) is 9.11. The van der Waals surface area contributed by atoms with Crippen molar-refractivity contribution in [2.75, 3.05) is 0 Å². The summed E-state index contributed by atoms with van der Waals surface area (Å²) in [6.07, 6.45) is 23.8. The highest BCUT2D eigenvalue weighted by molar-refractivity contribution is 8.00. The van der Waals surface area contributed by atoms with Crippen LogP contribution < -0.4 is 0 Å². The lowest BCUT2D eigenvalue weighted by Gasteiger charge is -2.19. The van der Waals surface area contributed by atoms with Crippen LogP contribution in [0.5, 0.6) is 0 Å². The molecule has 1 aromatic carbocycles. The minimum absolute atomic E-state index is 0.552. The van der Waals surface area contributed by atoms with Gasteiger partial charge < -0.3 is 0 Å². The number of hydrogen-bond donors (Lipinski definition) is 0. The largest absolute Gasteiger partial charge is 0.151 e. The molecule has 0 amide bonds. The molecule has 1 aromatic rings. The molecule has 1 heteroatoms. The van der Waals surface area contributed by atoms with Crippen LogP contribution in [0.4, 0.5) is 0 Å². The van der Waals surface area contributed by atoms with E-state index in [0.717, 1.165) is 18.8 Å². The van der Waals surface area contributed by atoms with Crippen LogP contribution in [-0.4, -0.2) is 5.25 Å². The van der Waals surface area contributed by atoms with Gasteiger partial charge in [-0.2, -0.15) is 11.8 Å². The lowest BCUT2D eigenvalue weighted by molar-refractivity contribution is 0.584. The second kappa shape index (κ2) is 20.6. The van der Waals surface area contributed by atoms with Gasteiger partial charge in [0.1, 0.15) is 0 Å². The molecule has 0 saturated heterocycles. The maximum atomic E-state index is 4.00. The van der Waals surface area contributed by atoms with Crippen LogP contribution in [0.2, 0.25) is 0 Å². The first-order valence-electron chi connectivity index (χ1n) is 11.5. The van der Waals surface area contributed by atoms with Gasteiger partial charge in [-0.25, -0.2) is 0 Å². The Bertz CT molecular complexity index is 631. The fourth-order valence-electron chi connectivity index (χ4n) is 3.08. The first-order chi connectivity index (χ1) is 14.5. The van der Waals surface area contributed by atoms with Crippen molar-refractivity contribution in [3.63, 3.8) is 0 Å². The van der Waals surface area contributed by atoms with Crippen molar-refractivity contribution in [1.29, 1.82) is 0 Å². The average molecular weight is 427 g/mol. The molecule has 0 fully saturated rings. The van der Waals surface area contributed by atoms with E-state index in [0.29, 0.717) is 10.5 Å². The molecular formula is C29H46S. The van der Waals surface area contributed by atoms with E-state index in [1.807, 2.05) is 13.8 Å². The zero-order valence-electron chi connectivity index (χ0n) is 20.8. The SMILES string of the molecule is C#C.C/C=C(\C=C/CCC)/C=C/Cc1cccc(C(C)SC(C)CC(C)C)c1.CC. The molecule has 2 atom stereocenters. The quantitative estimate of drug-likeness (QED) is 0.251. The van der Waals surface area contributed by atoms with Gasteiger partial charge in [-0.05, 0) is 55.7 Å². The fraction of sp³-hybridized carbons (Fsp3) is 0.517. The Hall–Kier alpha value is -1.65.